The summed E-state index contributed by atoms with van der Waals surface area (Å²) in [6, 6.07) is 8.59. The second-order valence-corrected chi connectivity index (χ2v) is 5.31. The minimum Gasteiger partial charge on any atom is -0.365 e. The number of hydrogen-bond acceptors (Lipinski definition) is 2. The van der Waals surface area contributed by atoms with Gasteiger partial charge in [0.05, 0.1) is 5.56 Å². The molecule has 1 aromatic carbocycles. The number of hydrogen-bond donors (Lipinski definition) is 1. The van der Waals surface area contributed by atoms with E-state index in [4.69, 9.17) is 0 Å². The average molecular weight is 345 g/mol. The first kappa shape index (κ1) is 14.8. The number of alkyl halides is 3. The summed E-state index contributed by atoms with van der Waals surface area (Å²) in [6.45, 7) is 2.22. The van der Waals surface area contributed by atoms with Crippen LogP contribution in [-0.4, -0.2) is 4.98 Å². The molecule has 2 aromatic rings. The molecule has 0 aliphatic heterocycles. The maximum atomic E-state index is 12.9. The molecule has 0 saturated heterocycles. The van der Waals surface area contributed by atoms with E-state index in [1.54, 1.807) is 0 Å². The van der Waals surface area contributed by atoms with Crippen LogP contribution in [0.2, 0.25) is 0 Å². The number of nitrogens with one attached hydrogen (secondary N) is 1. The molecule has 2 nitrogen and oxygen atoms in total. The Bertz CT molecular complexity index is 612. The van der Waals surface area contributed by atoms with E-state index in [1.165, 1.54) is 6.20 Å². The summed E-state index contributed by atoms with van der Waals surface area (Å²) in [5, 5.41) is 2.74. The smallest absolute Gasteiger partial charge is 0.365 e. The van der Waals surface area contributed by atoms with Crippen molar-refractivity contribution in [2.45, 2.75) is 19.6 Å². The average Bonchev–Trinajstić information content (AvgIpc) is 2.36. The molecule has 0 spiro atoms. The lowest BCUT2D eigenvalue weighted by Gasteiger charge is -2.14. The summed E-state index contributed by atoms with van der Waals surface area (Å²) >= 11 is 3.00. The van der Waals surface area contributed by atoms with E-state index >= 15 is 0 Å². The first-order valence-electron chi connectivity index (χ1n) is 5.88. The third-order valence-corrected chi connectivity index (χ3v) is 3.14. The van der Waals surface area contributed by atoms with Crippen molar-refractivity contribution in [2.75, 3.05) is 5.32 Å². The van der Waals surface area contributed by atoms with Gasteiger partial charge in [-0.15, -0.1) is 0 Å². The monoisotopic (exact) mass is 344 g/mol. The molecule has 6 heteroatoms. The number of pyridine rings is 1. The molecule has 1 N–H and O–H groups in total. The standard InChI is InChI=1S/C14H12BrF3N2/c1-9-3-2-4-10(5-9)7-19-13-12(14(16,17)18)6-11(15)8-20-13/h2-6,8H,7H2,1H3,(H,19,20). The van der Waals surface area contributed by atoms with Crippen molar-refractivity contribution in [1.29, 1.82) is 0 Å². The SMILES string of the molecule is Cc1cccc(CNc2ncc(Br)cc2C(F)(F)F)c1. The van der Waals surface area contributed by atoms with E-state index in [2.05, 4.69) is 26.2 Å². The summed E-state index contributed by atoms with van der Waals surface area (Å²) in [7, 11) is 0. The molecule has 0 aliphatic carbocycles. The Hall–Kier alpha value is -1.56. The van der Waals surface area contributed by atoms with Crippen LogP contribution in [0, 0.1) is 6.92 Å². The van der Waals surface area contributed by atoms with Crippen LogP contribution in [0.3, 0.4) is 0 Å². The summed E-state index contributed by atoms with van der Waals surface area (Å²) < 4.78 is 39.0. The Morgan fingerprint density at radius 3 is 2.65 bits per heavy atom. The highest BCUT2D eigenvalue weighted by Gasteiger charge is 2.34. The van der Waals surface area contributed by atoms with Crippen LogP contribution >= 0.6 is 15.9 Å². The number of nitrogens with zero attached hydrogens (tertiary/aromatic N) is 1. The Morgan fingerprint density at radius 2 is 2.00 bits per heavy atom. The van der Waals surface area contributed by atoms with Gasteiger partial charge in [-0.25, -0.2) is 4.98 Å². The van der Waals surface area contributed by atoms with Crippen LogP contribution in [0.1, 0.15) is 16.7 Å². The van der Waals surface area contributed by atoms with Gasteiger partial charge in [0.15, 0.2) is 0 Å². The number of anilines is 1. The van der Waals surface area contributed by atoms with E-state index < -0.39 is 11.7 Å². The predicted octanol–water partition coefficient (Wildman–Crippen LogP) is 4.78. The number of rotatable bonds is 3. The highest BCUT2D eigenvalue weighted by atomic mass is 79.9. The van der Waals surface area contributed by atoms with E-state index in [9.17, 15) is 13.2 Å². The van der Waals surface area contributed by atoms with E-state index in [0.29, 0.717) is 11.0 Å². The van der Waals surface area contributed by atoms with Gasteiger partial charge in [-0.05, 0) is 34.5 Å². The predicted molar refractivity (Wildman–Crippen MR) is 75.4 cm³/mol. The summed E-state index contributed by atoms with van der Waals surface area (Å²) in [5.74, 6) is -0.165. The van der Waals surface area contributed by atoms with Crippen molar-refractivity contribution in [3.8, 4) is 0 Å². The van der Waals surface area contributed by atoms with E-state index in [0.717, 1.165) is 17.2 Å². The first-order valence-corrected chi connectivity index (χ1v) is 6.68. The molecule has 0 saturated carbocycles. The van der Waals surface area contributed by atoms with Gasteiger partial charge < -0.3 is 5.32 Å². The minimum atomic E-state index is -4.44. The van der Waals surface area contributed by atoms with Crippen molar-refractivity contribution in [3.63, 3.8) is 0 Å². The van der Waals surface area contributed by atoms with Gasteiger partial charge in [-0.2, -0.15) is 13.2 Å². The molecule has 2 rings (SSSR count). The molecule has 0 amide bonds. The quantitative estimate of drug-likeness (QED) is 0.866. The lowest BCUT2D eigenvalue weighted by Crippen LogP contribution is -2.12. The number of aryl methyl sites for hydroxylation is 1. The van der Waals surface area contributed by atoms with Gasteiger partial charge in [0, 0.05) is 17.2 Å². The third-order valence-electron chi connectivity index (χ3n) is 2.70. The number of halogens is 4. The van der Waals surface area contributed by atoms with Gasteiger partial charge in [0.25, 0.3) is 0 Å². The van der Waals surface area contributed by atoms with E-state index in [-0.39, 0.29) is 5.82 Å². The maximum Gasteiger partial charge on any atom is 0.419 e. The fourth-order valence-corrected chi connectivity index (χ4v) is 2.14. The summed E-state index contributed by atoms with van der Waals surface area (Å²) in [6.07, 6.45) is -3.10. The molecule has 20 heavy (non-hydrogen) atoms. The molecule has 0 radical (unpaired) electrons. The zero-order valence-corrected chi connectivity index (χ0v) is 12.2. The van der Waals surface area contributed by atoms with Crippen molar-refractivity contribution in [2.24, 2.45) is 0 Å². The van der Waals surface area contributed by atoms with Crippen LogP contribution in [0.5, 0.6) is 0 Å². The van der Waals surface area contributed by atoms with E-state index in [1.807, 2.05) is 31.2 Å². The highest BCUT2D eigenvalue weighted by Crippen LogP contribution is 2.35. The molecule has 106 valence electrons. The van der Waals surface area contributed by atoms with Crippen molar-refractivity contribution < 1.29 is 13.2 Å². The molecule has 0 fully saturated rings. The topological polar surface area (TPSA) is 24.9 Å². The number of benzene rings is 1. The second kappa shape index (κ2) is 5.83. The Kier molecular flexibility index (Phi) is 4.32. The third kappa shape index (κ3) is 3.72. The Balaban J connectivity index is 2.21. The maximum absolute atomic E-state index is 12.9. The molecule has 0 bridgehead atoms. The van der Waals surface area contributed by atoms with Crippen LogP contribution in [0.25, 0.3) is 0 Å². The van der Waals surface area contributed by atoms with Crippen molar-refractivity contribution in [1.82, 2.24) is 4.98 Å². The van der Waals surface area contributed by atoms with Crippen molar-refractivity contribution >= 4 is 21.7 Å². The van der Waals surface area contributed by atoms with Crippen LogP contribution in [-0.2, 0) is 12.7 Å². The van der Waals surface area contributed by atoms with Gasteiger partial charge in [0.1, 0.15) is 5.82 Å². The molecular formula is C14H12BrF3N2. The summed E-state index contributed by atoms with van der Waals surface area (Å²) in [5.41, 5.74) is 1.19. The van der Waals surface area contributed by atoms with Gasteiger partial charge in [-0.3, -0.25) is 0 Å². The van der Waals surface area contributed by atoms with Crippen LogP contribution < -0.4 is 5.32 Å². The molecular weight excluding hydrogens is 333 g/mol. The zero-order chi connectivity index (χ0) is 14.8. The Labute approximate surface area is 123 Å². The van der Waals surface area contributed by atoms with Crippen molar-refractivity contribution in [3.05, 3.63) is 57.7 Å². The largest absolute Gasteiger partial charge is 0.419 e. The van der Waals surface area contributed by atoms with Gasteiger partial charge in [-0.1, -0.05) is 29.8 Å². The first-order chi connectivity index (χ1) is 9.36. The molecule has 1 aromatic heterocycles. The van der Waals surface area contributed by atoms with Crippen LogP contribution in [0.4, 0.5) is 19.0 Å². The summed E-state index contributed by atoms with van der Waals surface area (Å²) in [4.78, 5) is 3.80. The fraction of sp³-hybridized carbons (Fsp3) is 0.214. The van der Waals surface area contributed by atoms with Gasteiger partial charge in [0.2, 0.25) is 0 Å². The molecule has 0 unspecified atom stereocenters. The highest BCUT2D eigenvalue weighted by molar-refractivity contribution is 9.10. The van der Waals surface area contributed by atoms with Gasteiger partial charge >= 0.3 is 6.18 Å². The minimum absolute atomic E-state index is 0.165. The second-order valence-electron chi connectivity index (χ2n) is 4.39. The zero-order valence-electron chi connectivity index (χ0n) is 10.6. The lowest BCUT2D eigenvalue weighted by atomic mass is 10.1. The number of aromatic nitrogens is 1. The van der Waals surface area contributed by atoms with Crippen LogP contribution in [0.15, 0.2) is 41.0 Å². The molecule has 1 heterocycles. The normalized spacial score (nSPS) is 11.4. The fourth-order valence-electron chi connectivity index (χ4n) is 1.80. The molecule has 0 aliphatic rings. The molecule has 0 atom stereocenters. The lowest BCUT2D eigenvalue weighted by molar-refractivity contribution is -0.137. The Morgan fingerprint density at radius 1 is 1.25 bits per heavy atom.